The molecule has 3 rings (SSSR count). The molecule has 2 heterocycles. The Morgan fingerprint density at radius 1 is 1.11 bits per heavy atom. The molecule has 1 atom stereocenters. The number of hydrogen-bond donors (Lipinski definition) is 2. The van der Waals surface area contributed by atoms with Crippen molar-refractivity contribution < 1.29 is 4.42 Å². The van der Waals surface area contributed by atoms with Crippen LogP contribution >= 0.6 is 0 Å². The Labute approximate surface area is 111 Å². The monoisotopic (exact) mass is 253 g/mol. The number of rotatable bonds is 4. The lowest BCUT2D eigenvalue weighted by Crippen LogP contribution is -2.30. The summed E-state index contributed by atoms with van der Waals surface area (Å²) in [5.74, 6) is 6.52. The maximum absolute atomic E-state index is 5.63. The molecule has 1 unspecified atom stereocenters. The number of aromatic nitrogens is 1. The fraction of sp³-hybridized carbons (Fsp3) is 0.133. The van der Waals surface area contributed by atoms with E-state index in [1.165, 1.54) is 0 Å². The summed E-state index contributed by atoms with van der Waals surface area (Å²) in [5, 5.41) is 1.13. The van der Waals surface area contributed by atoms with Crippen molar-refractivity contribution >= 4 is 10.9 Å². The maximum atomic E-state index is 5.63. The van der Waals surface area contributed by atoms with Crippen LogP contribution in [0.4, 0.5) is 0 Å². The molecule has 0 amide bonds. The van der Waals surface area contributed by atoms with Gasteiger partial charge in [-0.15, -0.1) is 0 Å². The number of fused-ring (bicyclic) bond motifs is 1. The summed E-state index contributed by atoms with van der Waals surface area (Å²) in [6.45, 7) is 0. The molecule has 0 saturated carbocycles. The number of nitrogens with two attached hydrogens (primary N) is 1. The van der Waals surface area contributed by atoms with E-state index in [4.69, 9.17) is 10.3 Å². The lowest BCUT2D eigenvalue weighted by atomic mass is 10.1. The first-order valence-electron chi connectivity index (χ1n) is 6.21. The molecule has 4 nitrogen and oxygen atoms in total. The zero-order chi connectivity index (χ0) is 13.1. The minimum atomic E-state index is -0.0595. The highest BCUT2D eigenvalue weighted by molar-refractivity contribution is 5.78. The Kier molecular flexibility index (Phi) is 3.27. The summed E-state index contributed by atoms with van der Waals surface area (Å²) < 4.78 is 5.35. The number of furan rings is 1. The van der Waals surface area contributed by atoms with Crippen LogP contribution < -0.4 is 11.3 Å². The lowest BCUT2D eigenvalue weighted by molar-refractivity contribution is 0.450. The molecule has 96 valence electrons. The molecular formula is C15H15N3O. The second kappa shape index (κ2) is 5.22. The van der Waals surface area contributed by atoms with Crippen molar-refractivity contribution in [3.8, 4) is 0 Å². The van der Waals surface area contributed by atoms with Crippen molar-refractivity contribution in [2.45, 2.75) is 12.5 Å². The van der Waals surface area contributed by atoms with Crippen LogP contribution in [-0.2, 0) is 6.42 Å². The van der Waals surface area contributed by atoms with E-state index in [1.54, 1.807) is 6.26 Å². The zero-order valence-corrected chi connectivity index (χ0v) is 10.4. The SMILES string of the molecule is NNC(Cc1ccco1)c1ccc2ccccc2n1. The molecule has 4 heteroatoms. The largest absolute Gasteiger partial charge is 0.469 e. The van der Waals surface area contributed by atoms with Crippen molar-refractivity contribution in [1.82, 2.24) is 10.4 Å². The van der Waals surface area contributed by atoms with Gasteiger partial charge in [-0.1, -0.05) is 24.3 Å². The van der Waals surface area contributed by atoms with E-state index in [0.717, 1.165) is 22.4 Å². The number of nitrogens with one attached hydrogen (secondary N) is 1. The van der Waals surface area contributed by atoms with Gasteiger partial charge >= 0.3 is 0 Å². The predicted molar refractivity (Wildman–Crippen MR) is 74.2 cm³/mol. The van der Waals surface area contributed by atoms with Crippen LogP contribution in [0.2, 0.25) is 0 Å². The predicted octanol–water partition coefficient (Wildman–Crippen LogP) is 2.57. The minimum Gasteiger partial charge on any atom is -0.469 e. The van der Waals surface area contributed by atoms with E-state index in [2.05, 4.69) is 16.5 Å². The van der Waals surface area contributed by atoms with Crippen molar-refractivity contribution in [3.63, 3.8) is 0 Å². The van der Waals surface area contributed by atoms with Gasteiger partial charge in [-0.25, -0.2) is 0 Å². The van der Waals surface area contributed by atoms with Crippen LogP contribution in [0.3, 0.4) is 0 Å². The van der Waals surface area contributed by atoms with Gasteiger partial charge in [0.15, 0.2) is 0 Å². The van der Waals surface area contributed by atoms with Gasteiger partial charge in [0.1, 0.15) is 5.76 Å². The summed E-state index contributed by atoms with van der Waals surface area (Å²) >= 11 is 0. The van der Waals surface area contributed by atoms with Gasteiger partial charge in [0, 0.05) is 11.8 Å². The standard InChI is InChI=1S/C15H15N3O/c16-18-15(10-12-5-3-9-19-12)14-8-7-11-4-1-2-6-13(11)17-14/h1-9,15,18H,10,16H2. The van der Waals surface area contributed by atoms with Gasteiger partial charge in [-0.3, -0.25) is 16.3 Å². The first-order valence-corrected chi connectivity index (χ1v) is 6.21. The molecule has 0 radical (unpaired) electrons. The van der Waals surface area contributed by atoms with E-state index < -0.39 is 0 Å². The van der Waals surface area contributed by atoms with Gasteiger partial charge in [0.25, 0.3) is 0 Å². The van der Waals surface area contributed by atoms with Gasteiger partial charge in [-0.2, -0.15) is 0 Å². The molecule has 0 saturated heterocycles. The molecule has 3 N–H and O–H groups in total. The van der Waals surface area contributed by atoms with E-state index in [-0.39, 0.29) is 6.04 Å². The quantitative estimate of drug-likeness (QED) is 0.554. The molecule has 2 aromatic heterocycles. The highest BCUT2D eigenvalue weighted by atomic mass is 16.3. The Morgan fingerprint density at radius 2 is 2.00 bits per heavy atom. The fourth-order valence-corrected chi connectivity index (χ4v) is 2.15. The van der Waals surface area contributed by atoms with Gasteiger partial charge < -0.3 is 4.42 Å². The summed E-state index contributed by atoms with van der Waals surface area (Å²) in [6, 6.07) is 15.8. The van der Waals surface area contributed by atoms with Crippen LogP contribution in [0.15, 0.2) is 59.2 Å². The Balaban J connectivity index is 1.92. The summed E-state index contributed by atoms with van der Waals surface area (Å²) in [5.41, 5.74) is 4.69. The minimum absolute atomic E-state index is 0.0595. The molecule has 0 spiro atoms. The highest BCUT2D eigenvalue weighted by Gasteiger charge is 2.14. The smallest absolute Gasteiger partial charge is 0.105 e. The number of hydrogen-bond acceptors (Lipinski definition) is 4. The molecule has 19 heavy (non-hydrogen) atoms. The molecule has 0 fully saturated rings. The van der Waals surface area contributed by atoms with Crippen LogP contribution in [0.1, 0.15) is 17.5 Å². The summed E-state index contributed by atoms with van der Waals surface area (Å²) in [4.78, 5) is 4.64. The summed E-state index contributed by atoms with van der Waals surface area (Å²) in [6.07, 6.45) is 2.34. The third kappa shape index (κ3) is 2.50. The van der Waals surface area contributed by atoms with Gasteiger partial charge in [0.05, 0.1) is 23.5 Å². The fourth-order valence-electron chi connectivity index (χ4n) is 2.15. The topological polar surface area (TPSA) is 64.1 Å². The molecule has 3 aromatic rings. The molecule has 0 aliphatic heterocycles. The second-order valence-corrected chi connectivity index (χ2v) is 4.43. The first-order chi connectivity index (χ1) is 9.36. The normalized spacial score (nSPS) is 12.7. The summed E-state index contributed by atoms with van der Waals surface area (Å²) in [7, 11) is 0. The molecule has 0 aliphatic rings. The van der Waals surface area contributed by atoms with Crippen LogP contribution in [-0.4, -0.2) is 4.98 Å². The van der Waals surface area contributed by atoms with Crippen molar-refractivity contribution in [1.29, 1.82) is 0 Å². The molecular weight excluding hydrogens is 238 g/mol. The number of pyridine rings is 1. The van der Waals surface area contributed by atoms with E-state index >= 15 is 0 Å². The van der Waals surface area contributed by atoms with E-state index in [0.29, 0.717) is 6.42 Å². The van der Waals surface area contributed by atoms with Crippen LogP contribution in [0, 0.1) is 0 Å². The second-order valence-electron chi connectivity index (χ2n) is 4.43. The van der Waals surface area contributed by atoms with Gasteiger partial charge in [-0.05, 0) is 24.3 Å². The number of benzene rings is 1. The molecule has 0 bridgehead atoms. The lowest BCUT2D eigenvalue weighted by Gasteiger charge is -2.14. The highest BCUT2D eigenvalue weighted by Crippen LogP contribution is 2.19. The van der Waals surface area contributed by atoms with Crippen molar-refractivity contribution in [3.05, 3.63) is 66.2 Å². The third-order valence-corrected chi connectivity index (χ3v) is 3.16. The number of hydrazine groups is 1. The van der Waals surface area contributed by atoms with E-state index in [1.807, 2.05) is 42.5 Å². The molecule has 1 aromatic carbocycles. The Bertz CT molecular complexity index is 664. The van der Waals surface area contributed by atoms with Crippen LogP contribution in [0.5, 0.6) is 0 Å². The first kappa shape index (κ1) is 11.9. The Hall–Kier alpha value is -2.17. The number of nitrogens with zero attached hydrogens (tertiary/aromatic N) is 1. The number of para-hydroxylation sites is 1. The average Bonchev–Trinajstić information content (AvgIpc) is 2.97. The van der Waals surface area contributed by atoms with Crippen molar-refractivity contribution in [2.24, 2.45) is 5.84 Å². The van der Waals surface area contributed by atoms with E-state index in [9.17, 15) is 0 Å². The van der Waals surface area contributed by atoms with Crippen molar-refractivity contribution in [2.75, 3.05) is 0 Å². The van der Waals surface area contributed by atoms with Crippen LogP contribution in [0.25, 0.3) is 10.9 Å². The zero-order valence-electron chi connectivity index (χ0n) is 10.4. The molecule has 0 aliphatic carbocycles. The average molecular weight is 253 g/mol. The van der Waals surface area contributed by atoms with Gasteiger partial charge in [0.2, 0.25) is 0 Å². The Morgan fingerprint density at radius 3 is 2.79 bits per heavy atom. The maximum Gasteiger partial charge on any atom is 0.105 e. The third-order valence-electron chi connectivity index (χ3n) is 3.16.